The van der Waals surface area contributed by atoms with Crippen molar-refractivity contribution in [3.8, 4) is 0 Å². The van der Waals surface area contributed by atoms with E-state index in [-0.39, 0.29) is 11.1 Å². The molecule has 0 radical (unpaired) electrons. The first kappa shape index (κ1) is 17.4. The van der Waals surface area contributed by atoms with E-state index in [0.717, 1.165) is 12.1 Å². The number of rotatable bonds is 4. The van der Waals surface area contributed by atoms with Gasteiger partial charge in [0.2, 0.25) is 5.60 Å². The number of carbonyl (C=O) groups excluding carboxylic acids is 1. The van der Waals surface area contributed by atoms with Gasteiger partial charge >= 0.3 is 6.18 Å². The van der Waals surface area contributed by atoms with Crippen LogP contribution in [0.4, 0.5) is 13.2 Å². The molecule has 1 atom stereocenters. The van der Waals surface area contributed by atoms with Crippen molar-refractivity contribution >= 4 is 21.8 Å². The average molecular weight is 389 g/mol. The summed E-state index contributed by atoms with van der Waals surface area (Å²) in [5.74, 6) is -0.766. The van der Waals surface area contributed by atoms with Crippen LogP contribution < -0.4 is 5.32 Å². The third-order valence-electron chi connectivity index (χ3n) is 3.19. The molecule has 0 bridgehead atoms. The summed E-state index contributed by atoms with van der Waals surface area (Å²) in [6.45, 7) is -1.01. The predicted octanol–water partition coefficient (Wildman–Crippen LogP) is 3.02. The van der Waals surface area contributed by atoms with Crippen LogP contribution in [0.3, 0.4) is 0 Å². The van der Waals surface area contributed by atoms with Crippen molar-refractivity contribution in [2.75, 3.05) is 6.54 Å². The number of halogens is 4. The van der Waals surface area contributed by atoms with Crippen LogP contribution in [0.1, 0.15) is 15.9 Å². The van der Waals surface area contributed by atoms with Gasteiger partial charge in [0.05, 0.1) is 12.1 Å². The quantitative estimate of drug-likeness (QED) is 0.845. The summed E-state index contributed by atoms with van der Waals surface area (Å²) in [6, 6.07) is 8.02. The number of nitrogens with zero attached hydrogens (tertiary/aromatic N) is 1. The van der Waals surface area contributed by atoms with E-state index in [9.17, 15) is 23.1 Å². The van der Waals surface area contributed by atoms with Crippen molar-refractivity contribution in [1.29, 1.82) is 0 Å². The van der Waals surface area contributed by atoms with Gasteiger partial charge in [0.1, 0.15) is 0 Å². The fraction of sp³-hybridized carbons (Fsp3) is 0.200. The van der Waals surface area contributed by atoms with Gasteiger partial charge in [-0.15, -0.1) is 0 Å². The SMILES string of the molecule is O=C(NC[C@](O)(c1ccccc1)C(F)(F)F)c1cncc(Br)c1. The lowest BCUT2D eigenvalue weighted by Crippen LogP contribution is -2.51. The largest absolute Gasteiger partial charge is 0.423 e. The normalized spacial score (nSPS) is 14.1. The number of nitrogens with one attached hydrogen (secondary N) is 1. The second-order valence-corrected chi connectivity index (χ2v) is 5.71. The van der Waals surface area contributed by atoms with E-state index in [0.29, 0.717) is 4.47 Å². The summed E-state index contributed by atoms with van der Waals surface area (Å²) >= 11 is 3.12. The zero-order valence-electron chi connectivity index (χ0n) is 11.6. The van der Waals surface area contributed by atoms with Crippen LogP contribution in [0.15, 0.2) is 53.3 Å². The topological polar surface area (TPSA) is 62.2 Å². The molecule has 1 heterocycles. The van der Waals surface area contributed by atoms with E-state index < -0.39 is 24.2 Å². The van der Waals surface area contributed by atoms with Gasteiger partial charge < -0.3 is 10.4 Å². The second-order valence-electron chi connectivity index (χ2n) is 4.80. The molecular formula is C15H12BrF3N2O2. The first-order chi connectivity index (χ1) is 10.7. The Kier molecular flexibility index (Phi) is 5.06. The maximum atomic E-state index is 13.3. The molecule has 2 N–H and O–H groups in total. The number of hydrogen-bond acceptors (Lipinski definition) is 3. The zero-order valence-corrected chi connectivity index (χ0v) is 13.2. The number of alkyl halides is 3. The highest BCUT2D eigenvalue weighted by Crippen LogP contribution is 2.38. The predicted molar refractivity (Wildman–Crippen MR) is 80.7 cm³/mol. The molecule has 0 aliphatic rings. The lowest BCUT2D eigenvalue weighted by molar-refractivity contribution is -0.263. The fourth-order valence-corrected chi connectivity index (χ4v) is 2.29. The van der Waals surface area contributed by atoms with Crippen molar-refractivity contribution in [2.45, 2.75) is 11.8 Å². The Hall–Kier alpha value is -1.93. The number of pyridine rings is 1. The molecule has 0 fully saturated rings. The molecule has 0 aliphatic carbocycles. The standard InChI is InChI=1S/C15H12BrF3N2O2/c16-12-6-10(7-20-8-12)13(22)21-9-14(23,15(17,18)19)11-4-2-1-3-5-11/h1-8,23H,9H2,(H,21,22)/t14-/m0/s1. The molecule has 8 heteroatoms. The Morgan fingerprint density at radius 1 is 1.22 bits per heavy atom. The van der Waals surface area contributed by atoms with Gasteiger partial charge in [0.25, 0.3) is 5.91 Å². The molecular weight excluding hydrogens is 377 g/mol. The van der Waals surface area contributed by atoms with Gasteiger partial charge in [0.15, 0.2) is 0 Å². The summed E-state index contributed by atoms with van der Waals surface area (Å²) in [5.41, 5.74) is -3.44. The second kappa shape index (κ2) is 6.67. The zero-order chi connectivity index (χ0) is 17.1. The van der Waals surface area contributed by atoms with Crippen LogP contribution in [0.25, 0.3) is 0 Å². The van der Waals surface area contributed by atoms with Gasteiger partial charge in [-0.2, -0.15) is 13.2 Å². The van der Waals surface area contributed by atoms with Crippen molar-refractivity contribution in [3.63, 3.8) is 0 Å². The van der Waals surface area contributed by atoms with Gasteiger partial charge in [-0.1, -0.05) is 30.3 Å². The number of benzene rings is 1. The minimum absolute atomic E-state index is 0.0805. The Morgan fingerprint density at radius 2 is 1.87 bits per heavy atom. The maximum absolute atomic E-state index is 13.3. The summed E-state index contributed by atoms with van der Waals surface area (Å²) in [7, 11) is 0. The van der Waals surface area contributed by atoms with Gasteiger partial charge in [-0.3, -0.25) is 9.78 Å². The monoisotopic (exact) mass is 388 g/mol. The van der Waals surface area contributed by atoms with Crippen LogP contribution in [-0.2, 0) is 5.60 Å². The third kappa shape index (κ3) is 3.89. The lowest BCUT2D eigenvalue weighted by atomic mass is 9.93. The highest BCUT2D eigenvalue weighted by Gasteiger charge is 2.55. The van der Waals surface area contributed by atoms with E-state index in [1.807, 2.05) is 0 Å². The van der Waals surface area contributed by atoms with Crippen molar-refractivity contribution in [3.05, 3.63) is 64.4 Å². The molecule has 2 rings (SSSR count). The van der Waals surface area contributed by atoms with Gasteiger partial charge in [-0.05, 0) is 27.6 Å². The van der Waals surface area contributed by atoms with E-state index >= 15 is 0 Å². The molecule has 2 aromatic rings. The van der Waals surface area contributed by atoms with Gasteiger partial charge in [0, 0.05) is 16.9 Å². The molecule has 0 spiro atoms. The first-order valence-electron chi connectivity index (χ1n) is 6.47. The number of carbonyl (C=O) groups is 1. The Bertz CT molecular complexity index is 695. The van der Waals surface area contributed by atoms with Crippen LogP contribution in [-0.4, -0.2) is 28.7 Å². The minimum atomic E-state index is -4.95. The molecule has 1 aromatic heterocycles. The summed E-state index contributed by atoms with van der Waals surface area (Å²) in [4.78, 5) is 15.7. The van der Waals surface area contributed by atoms with E-state index in [2.05, 4.69) is 26.2 Å². The molecule has 1 amide bonds. The van der Waals surface area contributed by atoms with Crippen LogP contribution >= 0.6 is 15.9 Å². The van der Waals surface area contributed by atoms with Gasteiger partial charge in [-0.25, -0.2) is 0 Å². The maximum Gasteiger partial charge on any atom is 0.423 e. The van der Waals surface area contributed by atoms with Crippen LogP contribution in [0.5, 0.6) is 0 Å². The molecule has 23 heavy (non-hydrogen) atoms. The summed E-state index contributed by atoms with van der Waals surface area (Å²) < 4.78 is 40.4. The molecule has 4 nitrogen and oxygen atoms in total. The van der Waals surface area contributed by atoms with Crippen molar-refractivity contribution < 1.29 is 23.1 Å². The molecule has 0 saturated carbocycles. The molecule has 0 saturated heterocycles. The molecule has 1 aromatic carbocycles. The van der Waals surface area contributed by atoms with E-state index in [1.165, 1.54) is 36.7 Å². The number of aliphatic hydroxyl groups is 1. The van der Waals surface area contributed by atoms with Crippen LogP contribution in [0, 0.1) is 0 Å². The van der Waals surface area contributed by atoms with E-state index in [1.54, 1.807) is 0 Å². The minimum Gasteiger partial charge on any atom is -0.375 e. The number of amides is 1. The Labute approximate surface area is 138 Å². The Balaban J connectivity index is 2.22. The summed E-state index contributed by atoms with van der Waals surface area (Å²) in [5, 5.41) is 12.2. The first-order valence-corrected chi connectivity index (χ1v) is 7.27. The number of aromatic nitrogens is 1. The Morgan fingerprint density at radius 3 is 2.43 bits per heavy atom. The summed E-state index contributed by atoms with van der Waals surface area (Å²) in [6.07, 6.45) is -2.29. The van der Waals surface area contributed by atoms with Crippen molar-refractivity contribution in [2.24, 2.45) is 0 Å². The number of hydrogen-bond donors (Lipinski definition) is 2. The van der Waals surface area contributed by atoms with Crippen molar-refractivity contribution in [1.82, 2.24) is 10.3 Å². The third-order valence-corrected chi connectivity index (χ3v) is 3.63. The highest BCUT2D eigenvalue weighted by molar-refractivity contribution is 9.10. The lowest BCUT2D eigenvalue weighted by Gasteiger charge is -2.31. The smallest absolute Gasteiger partial charge is 0.375 e. The molecule has 122 valence electrons. The molecule has 0 aliphatic heterocycles. The van der Waals surface area contributed by atoms with Crippen LogP contribution in [0.2, 0.25) is 0 Å². The fourth-order valence-electron chi connectivity index (χ4n) is 1.93. The van der Waals surface area contributed by atoms with E-state index in [4.69, 9.17) is 0 Å². The average Bonchev–Trinajstić information content (AvgIpc) is 2.52. The highest BCUT2D eigenvalue weighted by atomic mass is 79.9. The molecule has 0 unspecified atom stereocenters.